The zero-order valence-corrected chi connectivity index (χ0v) is 15.6. The second-order valence-corrected chi connectivity index (χ2v) is 6.97. The maximum absolute atomic E-state index is 13.0. The number of hydrogen-bond acceptors (Lipinski definition) is 4. The predicted octanol–water partition coefficient (Wildman–Crippen LogP) is 4.81. The number of ether oxygens (including phenoxy) is 1. The van der Waals surface area contributed by atoms with Gasteiger partial charge in [-0.3, -0.25) is 4.79 Å². The summed E-state index contributed by atoms with van der Waals surface area (Å²) in [5.74, 6) is 1.32. The molecule has 0 saturated heterocycles. The average molecular weight is 383 g/mol. The second-order valence-electron chi connectivity index (χ2n) is 6.56. The lowest BCUT2D eigenvalue weighted by Crippen LogP contribution is -2.32. The topological polar surface area (TPSA) is 55.6 Å². The van der Waals surface area contributed by atoms with E-state index in [0.29, 0.717) is 28.6 Å². The minimum absolute atomic E-state index is 0.0750. The Morgan fingerprint density at radius 1 is 1.22 bits per heavy atom. The molecule has 0 bridgehead atoms. The van der Waals surface area contributed by atoms with Gasteiger partial charge in [0.2, 0.25) is 0 Å². The number of halogens is 1. The molecule has 1 saturated carbocycles. The van der Waals surface area contributed by atoms with Crippen molar-refractivity contribution in [1.29, 1.82) is 0 Å². The lowest BCUT2D eigenvalue weighted by atomic mass is 10.1. The standard InChI is InChI=1S/C21H19ClN2O3/c1-26-17-6-4-5-14(11-17)20-12-15(23-27-20)13-24(16-9-10-16)21(25)18-7-2-3-8-19(18)22/h2-8,11-12,16H,9-10,13H2,1H3. The molecule has 1 aliphatic carbocycles. The molecule has 1 fully saturated rings. The van der Waals surface area contributed by atoms with Gasteiger partial charge in [-0.2, -0.15) is 0 Å². The van der Waals surface area contributed by atoms with E-state index in [1.165, 1.54) is 0 Å². The van der Waals surface area contributed by atoms with Gasteiger partial charge in [0.05, 0.1) is 24.2 Å². The fourth-order valence-corrected chi connectivity index (χ4v) is 3.23. The van der Waals surface area contributed by atoms with Crippen molar-refractivity contribution < 1.29 is 14.1 Å². The largest absolute Gasteiger partial charge is 0.497 e. The summed E-state index contributed by atoms with van der Waals surface area (Å²) in [6, 6.07) is 16.8. The van der Waals surface area contributed by atoms with E-state index in [2.05, 4.69) is 5.16 Å². The summed E-state index contributed by atoms with van der Waals surface area (Å²) >= 11 is 6.21. The molecule has 2 aromatic carbocycles. The summed E-state index contributed by atoms with van der Waals surface area (Å²) < 4.78 is 10.7. The Labute approximate surface area is 162 Å². The van der Waals surface area contributed by atoms with E-state index in [4.69, 9.17) is 20.9 Å². The highest BCUT2D eigenvalue weighted by Gasteiger charge is 2.34. The number of nitrogens with zero attached hydrogens (tertiary/aromatic N) is 2. The van der Waals surface area contributed by atoms with Crippen molar-refractivity contribution in [2.45, 2.75) is 25.4 Å². The van der Waals surface area contributed by atoms with Gasteiger partial charge in [-0.25, -0.2) is 0 Å². The minimum Gasteiger partial charge on any atom is -0.497 e. The Morgan fingerprint density at radius 3 is 2.78 bits per heavy atom. The van der Waals surface area contributed by atoms with Gasteiger partial charge in [0, 0.05) is 17.7 Å². The molecule has 0 atom stereocenters. The maximum Gasteiger partial charge on any atom is 0.255 e. The molecule has 0 radical (unpaired) electrons. The van der Waals surface area contributed by atoms with Gasteiger partial charge in [-0.1, -0.05) is 41.0 Å². The summed E-state index contributed by atoms with van der Waals surface area (Å²) in [6.07, 6.45) is 1.99. The Balaban J connectivity index is 1.56. The predicted molar refractivity (Wildman–Crippen MR) is 103 cm³/mol. The highest BCUT2D eigenvalue weighted by Crippen LogP contribution is 2.32. The third kappa shape index (κ3) is 3.83. The van der Waals surface area contributed by atoms with Crippen molar-refractivity contribution in [2.75, 3.05) is 7.11 Å². The number of aromatic nitrogens is 1. The van der Waals surface area contributed by atoms with E-state index in [0.717, 1.165) is 24.2 Å². The molecule has 3 aromatic rings. The van der Waals surface area contributed by atoms with Gasteiger partial charge in [0.15, 0.2) is 5.76 Å². The Morgan fingerprint density at radius 2 is 2.04 bits per heavy atom. The average Bonchev–Trinajstić information content (AvgIpc) is 3.43. The van der Waals surface area contributed by atoms with Gasteiger partial charge >= 0.3 is 0 Å². The van der Waals surface area contributed by atoms with Crippen LogP contribution in [0.15, 0.2) is 59.1 Å². The van der Waals surface area contributed by atoms with Crippen molar-refractivity contribution in [3.63, 3.8) is 0 Å². The van der Waals surface area contributed by atoms with E-state index >= 15 is 0 Å². The van der Waals surface area contributed by atoms with E-state index in [9.17, 15) is 4.79 Å². The van der Waals surface area contributed by atoms with Crippen molar-refractivity contribution in [3.05, 3.63) is 70.9 Å². The molecule has 1 aliphatic rings. The van der Waals surface area contributed by atoms with Gasteiger partial charge in [-0.15, -0.1) is 0 Å². The monoisotopic (exact) mass is 382 g/mol. The zero-order chi connectivity index (χ0) is 18.8. The van der Waals surface area contributed by atoms with E-state index in [-0.39, 0.29) is 11.9 Å². The molecular formula is C21H19ClN2O3. The molecule has 1 aromatic heterocycles. The quantitative estimate of drug-likeness (QED) is 0.614. The smallest absolute Gasteiger partial charge is 0.255 e. The SMILES string of the molecule is COc1cccc(-c2cc(CN(C(=O)c3ccccc3Cl)C3CC3)no2)c1. The zero-order valence-electron chi connectivity index (χ0n) is 14.9. The van der Waals surface area contributed by atoms with E-state index < -0.39 is 0 Å². The Kier molecular flexibility index (Phi) is 4.86. The molecule has 0 aliphatic heterocycles. The van der Waals surface area contributed by atoms with Crippen LogP contribution < -0.4 is 4.74 Å². The first-order chi connectivity index (χ1) is 13.2. The van der Waals surface area contributed by atoms with Crippen molar-refractivity contribution in [1.82, 2.24) is 10.1 Å². The number of carbonyl (C=O) groups excluding carboxylic acids is 1. The molecule has 4 rings (SSSR count). The summed E-state index contributed by atoms with van der Waals surface area (Å²) in [5, 5.41) is 4.62. The summed E-state index contributed by atoms with van der Waals surface area (Å²) in [7, 11) is 1.62. The molecule has 5 nitrogen and oxygen atoms in total. The molecule has 6 heteroatoms. The number of carbonyl (C=O) groups is 1. The number of amides is 1. The molecule has 1 heterocycles. The Hall–Kier alpha value is -2.79. The molecule has 0 spiro atoms. The van der Waals surface area contributed by atoms with Crippen LogP contribution in [0.2, 0.25) is 5.02 Å². The lowest BCUT2D eigenvalue weighted by molar-refractivity contribution is 0.0726. The molecular weight excluding hydrogens is 364 g/mol. The minimum atomic E-state index is -0.0750. The van der Waals surface area contributed by atoms with Crippen LogP contribution in [0, 0.1) is 0 Å². The van der Waals surface area contributed by atoms with Gasteiger partial charge in [-0.05, 0) is 37.1 Å². The summed E-state index contributed by atoms with van der Waals surface area (Å²) in [5.41, 5.74) is 2.10. The van der Waals surface area contributed by atoms with Crippen LogP contribution in [-0.4, -0.2) is 29.1 Å². The third-order valence-electron chi connectivity index (χ3n) is 4.60. The Bertz CT molecular complexity index is 965. The normalized spacial score (nSPS) is 13.4. The number of benzene rings is 2. The highest BCUT2D eigenvalue weighted by molar-refractivity contribution is 6.33. The van der Waals surface area contributed by atoms with Crippen LogP contribution in [0.25, 0.3) is 11.3 Å². The number of hydrogen-bond donors (Lipinski definition) is 0. The first kappa shape index (κ1) is 17.6. The van der Waals surface area contributed by atoms with E-state index in [1.54, 1.807) is 19.2 Å². The van der Waals surface area contributed by atoms with E-state index in [1.807, 2.05) is 47.4 Å². The van der Waals surface area contributed by atoms with Gasteiger partial charge in [0.1, 0.15) is 11.4 Å². The van der Waals surface area contributed by atoms with Gasteiger partial charge in [0.25, 0.3) is 5.91 Å². The van der Waals surface area contributed by atoms with Crippen LogP contribution >= 0.6 is 11.6 Å². The van der Waals surface area contributed by atoms with Crippen molar-refractivity contribution in [3.8, 4) is 17.1 Å². The second kappa shape index (κ2) is 7.45. The number of methoxy groups -OCH3 is 1. The molecule has 0 unspecified atom stereocenters. The third-order valence-corrected chi connectivity index (χ3v) is 4.93. The molecule has 0 N–H and O–H groups in total. The molecule has 1 amide bonds. The maximum atomic E-state index is 13.0. The van der Waals surface area contributed by atoms with Crippen LogP contribution in [-0.2, 0) is 6.54 Å². The lowest BCUT2D eigenvalue weighted by Gasteiger charge is -2.21. The van der Waals surface area contributed by atoms with Crippen LogP contribution in [0.5, 0.6) is 5.75 Å². The fourth-order valence-electron chi connectivity index (χ4n) is 3.02. The first-order valence-corrected chi connectivity index (χ1v) is 9.19. The van der Waals surface area contributed by atoms with Gasteiger partial charge < -0.3 is 14.2 Å². The van der Waals surface area contributed by atoms with Crippen molar-refractivity contribution >= 4 is 17.5 Å². The van der Waals surface area contributed by atoms with Crippen molar-refractivity contribution in [2.24, 2.45) is 0 Å². The highest BCUT2D eigenvalue weighted by atomic mass is 35.5. The first-order valence-electron chi connectivity index (χ1n) is 8.81. The molecule has 27 heavy (non-hydrogen) atoms. The fraction of sp³-hybridized carbons (Fsp3) is 0.238. The number of rotatable bonds is 6. The van der Waals surface area contributed by atoms with Crippen LogP contribution in [0.1, 0.15) is 28.9 Å². The van der Waals surface area contributed by atoms with Crippen LogP contribution in [0.3, 0.4) is 0 Å². The summed E-state index contributed by atoms with van der Waals surface area (Å²) in [6.45, 7) is 0.391. The van der Waals surface area contributed by atoms with Crippen LogP contribution in [0.4, 0.5) is 0 Å². The molecule has 138 valence electrons. The summed E-state index contributed by atoms with van der Waals surface area (Å²) in [4.78, 5) is 14.8.